The summed E-state index contributed by atoms with van der Waals surface area (Å²) in [5.41, 5.74) is 0. The summed E-state index contributed by atoms with van der Waals surface area (Å²) < 4.78 is 16.0. The van der Waals surface area contributed by atoms with Gasteiger partial charge in [-0.15, -0.1) is 0 Å². The topological polar surface area (TPSA) is 65.1 Å². The van der Waals surface area contributed by atoms with Crippen LogP contribution < -0.4 is 0 Å². The average Bonchev–Trinajstić information content (AvgIpc) is 2.50. The van der Waals surface area contributed by atoms with Gasteiger partial charge in [-0.05, 0) is 0 Å². The summed E-state index contributed by atoms with van der Waals surface area (Å²) in [7, 11) is 1.78. The van der Waals surface area contributed by atoms with Crippen LogP contribution in [0, 0.1) is 5.92 Å². The Morgan fingerprint density at radius 3 is 1.91 bits per heavy atom. The molecule has 0 saturated heterocycles. The number of ether oxygens (including phenoxy) is 3. The van der Waals surface area contributed by atoms with Crippen LogP contribution in [0.25, 0.3) is 0 Å². The van der Waals surface area contributed by atoms with Crippen molar-refractivity contribution in [2.45, 2.75) is 33.6 Å². The average molecular weight is 317 g/mol. The molecule has 0 unspecified atom stereocenters. The summed E-state index contributed by atoms with van der Waals surface area (Å²) in [6, 6.07) is 0. The van der Waals surface area contributed by atoms with Crippen LogP contribution in [0.1, 0.15) is 33.6 Å². The van der Waals surface area contributed by atoms with E-state index in [9.17, 15) is 9.59 Å². The van der Waals surface area contributed by atoms with E-state index in [0.717, 1.165) is 0 Å². The molecule has 0 aliphatic heterocycles. The van der Waals surface area contributed by atoms with Crippen molar-refractivity contribution in [3.8, 4) is 0 Å². The summed E-state index contributed by atoms with van der Waals surface area (Å²) >= 11 is 0. The number of hydrogen-bond acceptors (Lipinski definition) is 5. The number of hydrogen-bond donors (Lipinski definition) is 0. The first kappa shape index (κ1) is 21.0. The number of carbonyl (C=O) groups is 2. The molecule has 0 aliphatic carbocycles. The lowest BCUT2D eigenvalue weighted by atomic mass is 10.2. The molecular weight excluding hydrogens is 286 g/mol. The summed E-state index contributed by atoms with van der Waals surface area (Å²) in [5, 5.41) is 0. The smallest absolute Gasteiger partial charge is 0.224 e. The van der Waals surface area contributed by atoms with Gasteiger partial charge in [0.05, 0.1) is 39.6 Å². The van der Waals surface area contributed by atoms with Crippen LogP contribution in [0.5, 0.6) is 0 Å². The Bertz CT molecular complexity index is 307. The standard InChI is InChI=1S/C16H31NO5/c1-5-15(18)6-8-20-10-12-22-13-11-21-9-7-17(4)16(19)14(2)3/h14H,5-13H2,1-4H3. The third kappa shape index (κ3) is 11.7. The maximum atomic E-state index is 11.6. The fraction of sp³-hybridized carbons (Fsp3) is 0.875. The number of carbonyl (C=O) groups excluding carboxylic acids is 2. The molecule has 0 aromatic heterocycles. The monoisotopic (exact) mass is 317 g/mol. The second-order valence-corrected chi connectivity index (χ2v) is 5.39. The van der Waals surface area contributed by atoms with Crippen molar-refractivity contribution >= 4 is 11.7 Å². The van der Waals surface area contributed by atoms with Crippen molar-refractivity contribution in [1.29, 1.82) is 0 Å². The summed E-state index contributed by atoms with van der Waals surface area (Å²) in [5.74, 6) is 0.356. The van der Waals surface area contributed by atoms with E-state index in [1.165, 1.54) is 0 Å². The largest absolute Gasteiger partial charge is 0.379 e. The van der Waals surface area contributed by atoms with Gasteiger partial charge in [0.2, 0.25) is 5.91 Å². The van der Waals surface area contributed by atoms with Crippen molar-refractivity contribution in [3.63, 3.8) is 0 Å². The lowest BCUT2D eigenvalue weighted by Crippen LogP contribution is -2.33. The fourth-order valence-electron chi connectivity index (χ4n) is 1.66. The lowest BCUT2D eigenvalue weighted by Gasteiger charge is -2.19. The highest BCUT2D eigenvalue weighted by Crippen LogP contribution is 1.98. The second kappa shape index (κ2) is 13.7. The Balaban J connectivity index is 3.27. The molecule has 0 atom stereocenters. The fourth-order valence-corrected chi connectivity index (χ4v) is 1.66. The van der Waals surface area contributed by atoms with Crippen LogP contribution in [0.4, 0.5) is 0 Å². The highest BCUT2D eigenvalue weighted by molar-refractivity contribution is 5.78. The Hall–Kier alpha value is -0.980. The first-order valence-corrected chi connectivity index (χ1v) is 7.98. The molecule has 22 heavy (non-hydrogen) atoms. The van der Waals surface area contributed by atoms with Gasteiger partial charge in [0.25, 0.3) is 0 Å². The van der Waals surface area contributed by atoms with Gasteiger partial charge in [0.15, 0.2) is 0 Å². The van der Waals surface area contributed by atoms with E-state index in [0.29, 0.717) is 59.0 Å². The van der Waals surface area contributed by atoms with Gasteiger partial charge in [-0.3, -0.25) is 9.59 Å². The summed E-state index contributed by atoms with van der Waals surface area (Å²) in [6.45, 7) is 9.15. The first-order valence-electron chi connectivity index (χ1n) is 7.98. The highest BCUT2D eigenvalue weighted by Gasteiger charge is 2.11. The molecular formula is C16H31NO5. The molecule has 0 heterocycles. The van der Waals surface area contributed by atoms with Crippen molar-refractivity contribution in [1.82, 2.24) is 4.90 Å². The number of amides is 1. The predicted octanol–water partition coefficient (Wildman–Crippen LogP) is 1.52. The van der Waals surface area contributed by atoms with Gasteiger partial charge in [-0.25, -0.2) is 0 Å². The molecule has 0 rings (SSSR count). The molecule has 130 valence electrons. The van der Waals surface area contributed by atoms with Crippen LogP contribution in [-0.2, 0) is 23.8 Å². The van der Waals surface area contributed by atoms with Crippen LogP contribution in [0.15, 0.2) is 0 Å². The van der Waals surface area contributed by atoms with E-state index in [-0.39, 0.29) is 17.6 Å². The number of Topliss-reactive ketones (excluding diaryl/α,β-unsaturated/α-hetero) is 1. The van der Waals surface area contributed by atoms with E-state index >= 15 is 0 Å². The number of rotatable bonds is 14. The maximum absolute atomic E-state index is 11.6. The second-order valence-electron chi connectivity index (χ2n) is 5.39. The van der Waals surface area contributed by atoms with Gasteiger partial charge >= 0.3 is 0 Å². The van der Waals surface area contributed by atoms with Crippen LogP contribution in [-0.4, -0.2) is 69.8 Å². The normalized spacial score (nSPS) is 11.0. The SMILES string of the molecule is CCC(=O)CCOCCOCCOCCN(C)C(=O)C(C)C. The van der Waals surface area contributed by atoms with Crippen molar-refractivity contribution < 1.29 is 23.8 Å². The zero-order chi connectivity index (χ0) is 16.8. The Kier molecular flexibility index (Phi) is 13.1. The minimum Gasteiger partial charge on any atom is -0.379 e. The molecule has 6 heteroatoms. The van der Waals surface area contributed by atoms with Gasteiger partial charge in [-0.2, -0.15) is 0 Å². The molecule has 0 radical (unpaired) electrons. The number of nitrogens with zero attached hydrogens (tertiary/aromatic N) is 1. The predicted molar refractivity (Wildman–Crippen MR) is 84.8 cm³/mol. The van der Waals surface area contributed by atoms with Gasteiger partial charge in [0, 0.05) is 32.4 Å². The summed E-state index contributed by atoms with van der Waals surface area (Å²) in [4.78, 5) is 24.3. The zero-order valence-electron chi connectivity index (χ0n) is 14.4. The molecule has 0 spiro atoms. The molecule has 0 fully saturated rings. The van der Waals surface area contributed by atoms with E-state index in [2.05, 4.69) is 0 Å². The van der Waals surface area contributed by atoms with Crippen LogP contribution >= 0.6 is 0 Å². The number of ketones is 1. The van der Waals surface area contributed by atoms with Gasteiger partial charge in [0.1, 0.15) is 5.78 Å². The van der Waals surface area contributed by atoms with E-state index in [1.807, 2.05) is 20.8 Å². The van der Waals surface area contributed by atoms with E-state index in [1.54, 1.807) is 11.9 Å². The third-order valence-corrected chi connectivity index (χ3v) is 3.10. The minimum atomic E-state index is 0.0148. The van der Waals surface area contributed by atoms with Crippen LogP contribution in [0.3, 0.4) is 0 Å². The van der Waals surface area contributed by atoms with Crippen molar-refractivity contribution in [2.75, 3.05) is 53.2 Å². The molecule has 0 bridgehead atoms. The first-order chi connectivity index (χ1) is 10.5. The van der Waals surface area contributed by atoms with Crippen LogP contribution in [0.2, 0.25) is 0 Å². The van der Waals surface area contributed by atoms with Crippen molar-refractivity contribution in [2.24, 2.45) is 5.92 Å². The highest BCUT2D eigenvalue weighted by atomic mass is 16.5. The molecule has 6 nitrogen and oxygen atoms in total. The Morgan fingerprint density at radius 1 is 0.909 bits per heavy atom. The molecule has 0 saturated carbocycles. The van der Waals surface area contributed by atoms with Crippen molar-refractivity contribution in [3.05, 3.63) is 0 Å². The molecule has 0 aromatic rings. The summed E-state index contributed by atoms with van der Waals surface area (Å²) in [6.07, 6.45) is 1.04. The lowest BCUT2D eigenvalue weighted by molar-refractivity contribution is -0.133. The Morgan fingerprint density at radius 2 is 1.41 bits per heavy atom. The van der Waals surface area contributed by atoms with E-state index < -0.39 is 0 Å². The molecule has 0 N–H and O–H groups in total. The maximum Gasteiger partial charge on any atom is 0.224 e. The van der Waals surface area contributed by atoms with Gasteiger partial charge < -0.3 is 19.1 Å². The minimum absolute atomic E-state index is 0.0148. The molecule has 0 aromatic carbocycles. The van der Waals surface area contributed by atoms with Gasteiger partial charge in [-0.1, -0.05) is 20.8 Å². The quantitative estimate of drug-likeness (QED) is 0.455. The number of likely N-dealkylation sites (N-methyl/N-ethyl adjacent to an activating group) is 1. The zero-order valence-corrected chi connectivity index (χ0v) is 14.4. The Labute approximate surface area is 134 Å². The van der Waals surface area contributed by atoms with E-state index in [4.69, 9.17) is 14.2 Å². The molecule has 1 amide bonds. The molecule has 0 aliphatic rings. The third-order valence-electron chi connectivity index (χ3n) is 3.10.